The summed E-state index contributed by atoms with van der Waals surface area (Å²) in [6.45, 7) is 3.47. The van der Waals surface area contributed by atoms with Gasteiger partial charge >= 0.3 is 5.97 Å². The quantitative estimate of drug-likeness (QED) is 0.481. The second-order valence-corrected chi connectivity index (χ2v) is 2.56. The van der Waals surface area contributed by atoms with E-state index in [0.717, 1.165) is 5.56 Å². The molecule has 0 unspecified atom stereocenters. The van der Waals surface area contributed by atoms with Crippen LogP contribution in [0.5, 0.6) is 0 Å². The number of carbonyl (C=O) groups is 1. The van der Waals surface area contributed by atoms with Crippen molar-refractivity contribution in [2.75, 3.05) is 0 Å². The Kier molecular flexibility index (Phi) is 3.10. The molecule has 0 amide bonds. The van der Waals surface area contributed by atoms with E-state index >= 15 is 0 Å². The number of esters is 1. The lowest BCUT2D eigenvalue weighted by molar-refractivity contribution is 0.0689. The highest BCUT2D eigenvalue weighted by Gasteiger charge is 2.07. The van der Waals surface area contributed by atoms with Crippen LogP contribution >= 0.6 is 0 Å². The molecule has 0 fully saturated rings. The number of hydrogen-bond acceptors (Lipinski definition) is 2. The van der Waals surface area contributed by atoms with Gasteiger partial charge in [-0.3, -0.25) is 0 Å². The smallest absolute Gasteiger partial charge is 0.352 e. The summed E-state index contributed by atoms with van der Waals surface area (Å²) in [7, 11) is 0. The lowest BCUT2D eigenvalue weighted by Gasteiger charge is -2.00. The van der Waals surface area contributed by atoms with Crippen LogP contribution in [0.3, 0.4) is 0 Å². The van der Waals surface area contributed by atoms with Crippen molar-refractivity contribution in [2.24, 2.45) is 0 Å². The van der Waals surface area contributed by atoms with Gasteiger partial charge in [-0.05, 0) is 18.6 Å². The van der Waals surface area contributed by atoms with E-state index in [9.17, 15) is 4.79 Å². The first kappa shape index (κ1) is 9.34. The van der Waals surface area contributed by atoms with E-state index < -0.39 is 5.97 Å². The van der Waals surface area contributed by atoms with Crippen molar-refractivity contribution in [3.05, 3.63) is 35.4 Å². The third-order valence-electron chi connectivity index (χ3n) is 1.61. The Morgan fingerprint density at radius 1 is 1.38 bits per heavy atom. The lowest BCUT2D eigenvalue weighted by atomic mass is 10.1. The fourth-order valence-corrected chi connectivity index (χ4v) is 0.954. The number of rotatable bonds is 1. The maximum atomic E-state index is 11.3. The van der Waals surface area contributed by atoms with Gasteiger partial charge in [-0.15, -0.1) is 0 Å². The zero-order chi connectivity index (χ0) is 9.68. The van der Waals surface area contributed by atoms with Gasteiger partial charge in [0, 0.05) is 6.92 Å². The number of ether oxygens (including phenoxy) is 1. The molecule has 0 bridgehead atoms. The standard InChI is InChI=1S/C11H10O2/c1-3-8-13-11(12)10-7-5-4-6-9(10)2/h4-7H,1-2H3. The molecule has 1 aromatic rings. The molecule has 0 aliphatic heterocycles. The molecule has 0 spiro atoms. The van der Waals surface area contributed by atoms with Crippen molar-refractivity contribution in [3.8, 4) is 12.0 Å². The van der Waals surface area contributed by atoms with E-state index in [1.54, 1.807) is 19.1 Å². The van der Waals surface area contributed by atoms with Gasteiger partial charge in [0.15, 0.2) is 0 Å². The summed E-state index contributed by atoms with van der Waals surface area (Å²) >= 11 is 0. The van der Waals surface area contributed by atoms with Gasteiger partial charge in [-0.25, -0.2) is 4.79 Å². The van der Waals surface area contributed by atoms with Gasteiger partial charge in [0.2, 0.25) is 0 Å². The van der Waals surface area contributed by atoms with Crippen molar-refractivity contribution in [1.29, 1.82) is 0 Å². The molecule has 0 atom stereocenters. The van der Waals surface area contributed by atoms with E-state index in [2.05, 4.69) is 16.8 Å². The largest absolute Gasteiger partial charge is 0.369 e. The minimum atomic E-state index is -0.396. The Morgan fingerprint density at radius 2 is 2.08 bits per heavy atom. The molecule has 0 aromatic heterocycles. The van der Waals surface area contributed by atoms with E-state index in [-0.39, 0.29) is 0 Å². The maximum absolute atomic E-state index is 11.3. The molecule has 0 saturated heterocycles. The zero-order valence-electron chi connectivity index (χ0n) is 7.63. The fraction of sp³-hybridized carbons (Fsp3) is 0.182. The van der Waals surface area contributed by atoms with Crippen molar-refractivity contribution in [2.45, 2.75) is 13.8 Å². The van der Waals surface area contributed by atoms with Crippen LogP contribution in [0.2, 0.25) is 0 Å². The lowest BCUT2D eigenvalue weighted by Crippen LogP contribution is -2.02. The van der Waals surface area contributed by atoms with Crippen LogP contribution in [0.1, 0.15) is 22.8 Å². The van der Waals surface area contributed by atoms with E-state index in [4.69, 9.17) is 0 Å². The minimum absolute atomic E-state index is 0.396. The number of benzene rings is 1. The van der Waals surface area contributed by atoms with Gasteiger partial charge in [0.25, 0.3) is 0 Å². The minimum Gasteiger partial charge on any atom is -0.369 e. The van der Waals surface area contributed by atoms with Crippen LogP contribution in [0.15, 0.2) is 24.3 Å². The predicted molar refractivity (Wildman–Crippen MR) is 50.0 cm³/mol. The highest BCUT2D eigenvalue weighted by atomic mass is 16.5. The Morgan fingerprint density at radius 3 is 2.69 bits per heavy atom. The van der Waals surface area contributed by atoms with Gasteiger partial charge < -0.3 is 4.74 Å². The fourth-order valence-electron chi connectivity index (χ4n) is 0.954. The first-order valence-corrected chi connectivity index (χ1v) is 3.94. The number of aryl methyl sites for hydroxylation is 1. The van der Waals surface area contributed by atoms with Crippen LogP contribution in [0.4, 0.5) is 0 Å². The summed E-state index contributed by atoms with van der Waals surface area (Å²) in [5, 5.41) is 0. The summed E-state index contributed by atoms with van der Waals surface area (Å²) in [6.07, 6.45) is 2.27. The van der Waals surface area contributed by atoms with E-state index in [0.29, 0.717) is 5.56 Å². The highest BCUT2D eigenvalue weighted by molar-refractivity contribution is 5.91. The third kappa shape index (κ3) is 2.34. The molecule has 0 saturated carbocycles. The molecular weight excluding hydrogens is 164 g/mol. The number of carbonyl (C=O) groups excluding carboxylic acids is 1. The Bertz CT molecular complexity index is 369. The molecule has 0 aliphatic carbocycles. The summed E-state index contributed by atoms with van der Waals surface area (Å²) in [6, 6.07) is 7.24. The van der Waals surface area contributed by atoms with Crippen molar-refractivity contribution in [1.82, 2.24) is 0 Å². The van der Waals surface area contributed by atoms with Gasteiger partial charge in [0.1, 0.15) is 6.11 Å². The molecule has 1 aromatic carbocycles. The SMILES string of the molecule is CC#COC(=O)c1ccccc1C. The van der Waals surface area contributed by atoms with Crippen molar-refractivity contribution >= 4 is 5.97 Å². The second-order valence-electron chi connectivity index (χ2n) is 2.56. The molecule has 2 heteroatoms. The molecule has 66 valence electrons. The van der Waals surface area contributed by atoms with E-state index in [1.165, 1.54) is 0 Å². The molecule has 2 nitrogen and oxygen atoms in total. The normalized spacial score (nSPS) is 8.46. The van der Waals surface area contributed by atoms with Crippen LogP contribution in [0, 0.1) is 19.0 Å². The zero-order valence-corrected chi connectivity index (χ0v) is 7.63. The molecule has 0 N–H and O–H groups in total. The van der Waals surface area contributed by atoms with E-state index in [1.807, 2.05) is 19.1 Å². The second kappa shape index (κ2) is 4.32. The topological polar surface area (TPSA) is 26.3 Å². The van der Waals surface area contributed by atoms with Gasteiger partial charge in [-0.1, -0.05) is 24.1 Å². The van der Waals surface area contributed by atoms with Crippen molar-refractivity contribution < 1.29 is 9.53 Å². The number of hydrogen-bond donors (Lipinski definition) is 0. The molecule has 1 rings (SSSR count). The van der Waals surface area contributed by atoms with Crippen LogP contribution in [-0.4, -0.2) is 5.97 Å². The highest BCUT2D eigenvalue weighted by Crippen LogP contribution is 2.07. The Labute approximate surface area is 77.5 Å². The van der Waals surface area contributed by atoms with Crippen LogP contribution in [-0.2, 0) is 4.74 Å². The molecule has 0 heterocycles. The first-order valence-electron chi connectivity index (χ1n) is 3.94. The molecule has 0 radical (unpaired) electrons. The Balaban J connectivity index is 2.87. The van der Waals surface area contributed by atoms with Crippen LogP contribution < -0.4 is 0 Å². The molecular formula is C11H10O2. The van der Waals surface area contributed by atoms with Gasteiger partial charge in [0.05, 0.1) is 5.56 Å². The van der Waals surface area contributed by atoms with Crippen molar-refractivity contribution in [3.63, 3.8) is 0 Å². The average molecular weight is 174 g/mol. The Hall–Kier alpha value is -1.75. The monoisotopic (exact) mass is 174 g/mol. The summed E-state index contributed by atoms with van der Waals surface area (Å²) < 4.78 is 4.66. The summed E-state index contributed by atoms with van der Waals surface area (Å²) in [5.41, 5.74) is 1.45. The van der Waals surface area contributed by atoms with Crippen LogP contribution in [0.25, 0.3) is 0 Å². The predicted octanol–water partition coefficient (Wildman–Crippen LogP) is 2.13. The molecule has 0 aliphatic rings. The average Bonchev–Trinajstić information content (AvgIpc) is 2.15. The summed E-state index contributed by atoms with van der Waals surface area (Å²) in [4.78, 5) is 11.3. The first-order chi connectivity index (χ1) is 6.25. The molecule has 13 heavy (non-hydrogen) atoms. The third-order valence-corrected chi connectivity index (χ3v) is 1.61. The summed E-state index contributed by atoms with van der Waals surface area (Å²) in [5.74, 6) is 2.10. The van der Waals surface area contributed by atoms with Gasteiger partial charge in [-0.2, -0.15) is 0 Å². The maximum Gasteiger partial charge on any atom is 0.352 e.